The van der Waals surface area contributed by atoms with E-state index in [0.29, 0.717) is 11.4 Å². The molecule has 7 heteroatoms. The Kier molecular flexibility index (Phi) is 3.69. The lowest BCUT2D eigenvalue weighted by Crippen LogP contribution is -2.26. The highest BCUT2D eigenvalue weighted by Gasteiger charge is 2.22. The number of methoxy groups -OCH3 is 1. The number of anilines is 1. The highest BCUT2D eigenvalue weighted by molar-refractivity contribution is 6.05. The largest absolute Gasteiger partial charge is 0.495 e. The molecule has 0 saturated heterocycles. The molecule has 0 aliphatic rings. The summed E-state index contributed by atoms with van der Waals surface area (Å²) in [5.41, 5.74) is 0.454. The third-order valence-electron chi connectivity index (χ3n) is 2.69. The molecule has 0 aliphatic heterocycles. The van der Waals surface area contributed by atoms with E-state index < -0.39 is 11.9 Å². The third kappa shape index (κ3) is 2.46. The molecule has 1 N–H and O–H groups in total. The van der Waals surface area contributed by atoms with E-state index in [9.17, 15) is 9.59 Å². The van der Waals surface area contributed by atoms with E-state index in [1.807, 2.05) is 0 Å². The summed E-state index contributed by atoms with van der Waals surface area (Å²) in [5.74, 6) is -1.64. The van der Waals surface area contributed by atoms with Crippen molar-refractivity contribution in [3.63, 3.8) is 0 Å². The molecule has 0 spiro atoms. The van der Waals surface area contributed by atoms with E-state index in [2.05, 4.69) is 9.68 Å². The Morgan fingerprint density at radius 3 is 2.65 bits per heavy atom. The van der Waals surface area contributed by atoms with E-state index in [4.69, 9.17) is 9.84 Å². The van der Waals surface area contributed by atoms with Crippen molar-refractivity contribution >= 4 is 17.6 Å². The first kappa shape index (κ1) is 13.6. The van der Waals surface area contributed by atoms with E-state index in [1.54, 1.807) is 24.3 Å². The van der Waals surface area contributed by atoms with Gasteiger partial charge in [-0.3, -0.25) is 4.79 Å². The van der Waals surface area contributed by atoms with Crippen LogP contribution >= 0.6 is 0 Å². The van der Waals surface area contributed by atoms with Crippen LogP contribution in [0.3, 0.4) is 0 Å². The van der Waals surface area contributed by atoms with Crippen LogP contribution in [0, 0.1) is 0 Å². The third-order valence-corrected chi connectivity index (χ3v) is 2.69. The lowest BCUT2D eigenvalue weighted by Gasteiger charge is -2.18. The molecule has 0 radical (unpaired) electrons. The first-order valence-corrected chi connectivity index (χ1v) is 5.65. The molecule has 104 valence electrons. The average molecular weight is 276 g/mol. The highest BCUT2D eigenvalue weighted by atomic mass is 16.5. The smallest absolute Gasteiger partial charge is 0.374 e. The predicted molar refractivity (Wildman–Crippen MR) is 69.2 cm³/mol. The molecular weight excluding hydrogens is 264 g/mol. The van der Waals surface area contributed by atoms with Crippen LogP contribution in [0.5, 0.6) is 5.75 Å². The van der Waals surface area contributed by atoms with Gasteiger partial charge in [-0.05, 0) is 12.1 Å². The number of amides is 1. The van der Waals surface area contributed by atoms with Gasteiger partial charge in [-0.2, -0.15) is 0 Å². The lowest BCUT2D eigenvalue weighted by atomic mass is 10.2. The van der Waals surface area contributed by atoms with Crippen LogP contribution in [0.1, 0.15) is 21.0 Å². The summed E-state index contributed by atoms with van der Waals surface area (Å²) < 4.78 is 9.73. The van der Waals surface area contributed by atoms with Gasteiger partial charge in [0, 0.05) is 13.1 Å². The Morgan fingerprint density at radius 2 is 2.05 bits per heavy atom. The molecule has 1 aromatic heterocycles. The molecule has 1 amide bonds. The Hall–Kier alpha value is -2.83. The molecule has 2 aromatic rings. The molecule has 7 nitrogen and oxygen atoms in total. The molecule has 1 heterocycles. The van der Waals surface area contributed by atoms with E-state index in [-0.39, 0.29) is 11.5 Å². The topological polar surface area (TPSA) is 92.9 Å². The SMILES string of the molecule is COc1ccccc1N(C)C(=O)c1cc(C(=O)O)on1. The quantitative estimate of drug-likeness (QED) is 0.912. The zero-order valence-electron chi connectivity index (χ0n) is 10.9. The minimum Gasteiger partial charge on any atom is -0.495 e. The van der Waals surface area contributed by atoms with Gasteiger partial charge in [0.05, 0.1) is 12.8 Å². The molecule has 20 heavy (non-hydrogen) atoms. The number of carboxylic acids is 1. The second-order valence-electron chi connectivity index (χ2n) is 3.92. The molecule has 0 bridgehead atoms. The fourth-order valence-electron chi connectivity index (χ4n) is 1.66. The number of carbonyl (C=O) groups excluding carboxylic acids is 1. The van der Waals surface area contributed by atoms with Gasteiger partial charge in [0.15, 0.2) is 5.69 Å². The van der Waals surface area contributed by atoms with Crippen LogP contribution < -0.4 is 9.64 Å². The van der Waals surface area contributed by atoms with Crippen molar-refractivity contribution in [3.05, 3.63) is 41.8 Å². The van der Waals surface area contributed by atoms with Crippen molar-refractivity contribution in [1.82, 2.24) is 5.16 Å². The Bertz CT molecular complexity index is 650. The second kappa shape index (κ2) is 5.43. The van der Waals surface area contributed by atoms with Crippen molar-refractivity contribution in [2.75, 3.05) is 19.1 Å². The minimum atomic E-state index is -1.28. The summed E-state index contributed by atoms with van der Waals surface area (Å²) in [5, 5.41) is 12.2. The van der Waals surface area contributed by atoms with E-state index in [1.165, 1.54) is 19.1 Å². The molecule has 1 aromatic carbocycles. The maximum Gasteiger partial charge on any atom is 0.374 e. The number of rotatable bonds is 4. The van der Waals surface area contributed by atoms with Gasteiger partial charge in [0.25, 0.3) is 5.91 Å². The fourth-order valence-corrected chi connectivity index (χ4v) is 1.66. The number of nitrogens with zero attached hydrogens (tertiary/aromatic N) is 2. The van der Waals surface area contributed by atoms with Crippen molar-refractivity contribution < 1.29 is 24.0 Å². The molecule has 0 atom stereocenters. The van der Waals surface area contributed by atoms with Gasteiger partial charge in [-0.1, -0.05) is 17.3 Å². The van der Waals surface area contributed by atoms with E-state index >= 15 is 0 Å². The Morgan fingerprint density at radius 1 is 1.35 bits per heavy atom. The van der Waals surface area contributed by atoms with Crippen molar-refractivity contribution in [2.45, 2.75) is 0 Å². The molecular formula is C13H12N2O5. The van der Waals surface area contributed by atoms with Crippen LogP contribution in [-0.2, 0) is 0 Å². The number of ether oxygens (including phenoxy) is 1. The number of aromatic carboxylic acids is 1. The summed E-state index contributed by atoms with van der Waals surface area (Å²) in [6.45, 7) is 0. The summed E-state index contributed by atoms with van der Waals surface area (Å²) >= 11 is 0. The van der Waals surface area contributed by atoms with Gasteiger partial charge in [-0.25, -0.2) is 4.79 Å². The average Bonchev–Trinajstić information content (AvgIpc) is 2.95. The van der Waals surface area contributed by atoms with Crippen molar-refractivity contribution in [2.24, 2.45) is 0 Å². The van der Waals surface area contributed by atoms with Crippen LogP contribution in [0.25, 0.3) is 0 Å². The maximum atomic E-state index is 12.2. The standard InChI is InChI=1S/C13H12N2O5/c1-15(9-5-3-4-6-10(9)19-2)12(16)8-7-11(13(17)18)20-14-8/h3-7H,1-2H3,(H,17,18). The van der Waals surface area contributed by atoms with E-state index in [0.717, 1.165) is 6.07 Å². The molecule has 0 saturated carbocycles. The molecule has 0 aliphatic carbocycles. The number of carbonyl (C=O) groups is 2. The first-order chi connectivity index (χ1) is 9.54. The summed E-state index contributed by atoms with van der Waals surface area (Å²) in [6.07, 6.45) is 0. The Labute approximate surface area is 114 Å². The normalized spacial score (nSPS) is 10.1. The monoisotopic (exact) mass is 276 g/mol. The fraction of sp³-hybridized carbons (Fsp3) is 0.154. The zero-order chi connectivity index (χ0) is 14.7. The lowest BCUT2D eigenvalue weighted by molar-refractivity contribution is 0.0651. The first-order valence-electron chi connectivity index (χ1n) is 5.65. The van der Waals surface area contributed by atoms with Gasteiger partial charge in [-0.15, -0.1) is 0 Å². The second-order valence-corrected chi connectivity index (χ2v) is 3.92. The summed E-state index contributed by atoms with van der Waals surface area (Å²) in [4.78, 5) is 24.2. The number of hydrogen-bond donors (Lipinski definition) is 1. The number of para-hydroxylation sites is 2. The van der Waals surface area contributed by atoms with Crippen molar-refractivity contribution in [1.29, 1.82) is 0 Å². The number of aromatic nitrogens is 1. The predicted octanol–water partition coefficient (Wildman–Crippen LogP) is 1.66. The summed E-state index contributed by atoms with van der Waals surface area (Å²) in [6, 6.07) is 8.03. The Balaban J connectivity index is 2.30. The highest BCUT2D eigenvalue weighted by Crippen LogP contribution is 2.27. The van der Waals surface area contributed by atoms with Crippen LogP contribution in [0.4, 0.5) is 5.69 Å². The van der Waals surface area contributed by atoms with Crippen LogP contribution in [0.15, 0.2) is 34.9 Å². The molecule has 0 unspecified atom stereocenters. The number of carboxylic acid groups (broad SMARTS) is 1. The van der Waals surface area contributed by atoms with Gasteiger partial charge in [0.2, 0.25) is 5.76 Å². The van der Waals surface area contributed by atoms with Gasteiger partial charge < -0.3 is 19.3 Å². The number of hydrogen-bond acceptors (Lipinski definition) is 5. The number of benzene rings is 1. The van der Waals surface area contributed by atoms with Crippen molar-refractivity contribution in [3.8, 4) is 5.75 Å². The van der Waals surface area contributed by atoms with Gasteiger partial charge in [0.1, 0.15) is 5.75 Å². The molecule has 0 fully saturated rings. The zero-order valence-corrected chi connectivity index (χ0v) is 10.9. The van der Waals surface area contributed by atoms with Crippen LogP contribution in [0.2, 0.25) is 0 Å². The van der Waals surface area contributed by atoms with Gasteiger partial charge >= 0.3 is 5.97 Å². The van der Waals surface area contributed by atoms with Crippen LogP contribution in [-0.4, -0.2) is 36.3 Å². The maximum absolute atomic E-state index is 12.2. The molecule has 2 rings (SSSR count). The minimum absolute atomic E-state index is 0.0872. The summed E-state index contributed by atoms with van der Waals surface area (Å²) in [7, 11) is 3.03.